The Morgan fingerprint density at radius 3 is 2.49 bits per heavy atom. The molecular formula is C25H36N4O7S. The van der Waals surface area contributed by atoms with Crippen molar-refractivity contribution < 1.29 is 34.3 Å². The van der Waals surface area contributed by atoms with Crippen molar-refractivity contribution in [3.05, 3.63) is 34.4 Å². The van der Waals surface area contributed by atoms with Crippen molar-refractivity contribution in [1.29, 1.82) is 0 Å². The maximum Gasteiger partial charge on any atom is 0.217 e. The molecule has 2 aliphatic rings. The highest BCUT2D eigenvalue weighted by atomic mass is 32.1. The predicted molar refractivity (Wildman–Crippen MR) is 136 cm³/mol. The van der Waals surface area contributed by atoms with Crippen molar-refractivity contribution in [2.75, 3.05) is 20.8 Å². The zero-order chi connectivity index (χ0) is 26.7. The lowest BCUT2D eigenvalue weighted by atomic mass is 9.96. The van der Waals surface area contributed by atoms with Gasteiger partial charge in [-0.25, -0.2) is 4.68 Å². The summed E-state index contributed by atoms with van der Waals surface area (Å²) in [4.78, 5) is 11.9. The molecule has 11 nitrogen and oxygen atoms in total. The van der Waals surface area contributed by atoms with Gasteiger partial charge in [0.15, 0.2) is 17.7 Å². The molecule has 1 aliphatic heterocycles. The quantitative estimate of drug-likeness (QED) is 0.351. The van der Waals surface area contributed by atoms with Gasteiger partial charge in [-0.15, -0.1) is 0 Å². The van der Waals surface area contributed by atoms with Gasteiger partial charge in [0.25, 0.3) is 0 Å². The van der Waals surface area contributed by atoms with Gasteiger partial charge < -0.3 is 39.4 Å². The van der Waals surface area contributed by atoms with Crippen LogP contribution in [0.25, 0.3) is 0 Å². The molecular weight excluding hydrogens is 500 g/mol. The molecule has 0 bridgehead atoms. The minimum Gasteiger partial charge on any atom is -0.493 e. The lowest BCUT2D eigenvalue weighted by molar-refractivity contribution is -0.219. The van der Waals surface area contributed by atoms with E-state index in [-0.39, 0.29) is 6.04 Å². The third-order valence-corrected chi connectivity index (χ3v) is 7.57. The van der Waals surface area contributed by atoms with Crippen LogP contribution in [0.1, 0.15) is 56.3 Å². The Balaban J connectivity index is 1.70. The van der Waals surface area contributed by atoms with E-state index in [9.17, 15) is 20.1 Å². The van der Waals surface area contributed by atoms with Gasteiger partial charge in [0.1, 0.15) is 30.2 Å². The summed E-state index contributed by atoms with van der Waals surface area (Å²) < 4.78 is 20.7. The number of hydrogen-bond donors (Lipinski definition) is 4. The van der Waals surface area contributed by atoms with Crippen molar-refractivity contribution in [2.45, 2.75) is 82.1 Å². The first kappa shape index (κ1) is 27.5. The van der Waals surface area contributed by atoms with Crippen LogP contribution < -0.4 is 14.8 Å². The fourth-order valence-electron chi connectivity index (χ4n) is 5.29. The van der Waals surface area contributed by atoms with Gasteiger partial charge in [-0.2, -0.15) is 5.10 Å². The smallest absolute Gasteiger partial charge is 0.217 e. The second-order valence-electron chi connectivity index (χ2n) is 9.60. The van der Waals surface area contributed by atoms with Crippen LogP contribution in [0.15, 0.2) is 18.2 Å². The van der Waals surface area contributed by atoms with Crippen LogP contribution in [0.5, 0.6) is 11.5 Å². The molecule has 1 aromatic carbocycles. The fourth-order valence-corrected chi connectivity index (χ4v) is 5.69. The third-order valence-electron chi connectivity index (χ3n) is 7.19. The Kier molecular flexibility index (Phi) is 8.86. The number of aliphatic hydroxyl groups is 3. The van der Waals surface area contributed by atoms with E-state index in [4.69, 9.17) is 31.5 Å². The number of nitrogens with zero attached hydrogens (tertiary/aromatic N) is 3. The summed E-state index contributed by atoms with van der Waals surface area (Å²) >= 11 is 5.87. The molecule has 5 atom stereocenters. The molecule has 0 radical (unpaired) electrons. The van der Waals surface area contributed by atoms with Gasteiger partial charge in [0.2, 0.25) is 10.7 Å². The SMILES string of the molecule is COc1ccc(CCc2nn([C@@H]3O[C@H](CO)[C@@H](O)[C@H](O)[C@H]3NC(C)=O)c(=S)n2C2CCCC2)cc1OC. The van der Waals surface area contributed by atoms with E-state index >= 15 is 0 Å². The summed E-state index contributed by atoms with van der Waals surface area (Å²) in [5.74, 6) is 1.66. The molecule has 204 valence electrons. The standard InChI is InChI=1S/C25H36N4O7S/c1-14(31)26-21-23(33)22(32)19(13-30)36-24(21)29-25(37)28(16-6-4-5-7-16)20(27-29)11-9-15-8-10-17(34-2)18(12-15)35-3/h8,10,12,16,19,21-24,30,32-33H,4-7,9,11,13H2,1-3H3,(H,26,31)/t19-,21-,22-,23-,24-/m1/s1. The van der Waals surface area contributed by atoms with Crippen LogP contribution >= 0.6 is 12.2 Å². The molecule has 0 unspecified atom stereocenters. The summed E-state index contributed by atoms with van der Waals surface area (Å²) in [5, 5.41) is 38.4. The van der Waals surface area contributed by atoms with Crippen LogP contribution in [0, 0.1) is 4.77 Å². The van der Waals surface area contributed by atoms with Crippen LogP contribution in [-0.4, -0.2) is 80.8 Å². The normalized spacial score (nSPS) is 26.3. The Labute approximate surface area is 221 Å². The molecule has 1 saturated carbocycles. The summed E-state index contributed by atoms with van der Waals surface area (Å²) in [6, 6.07) is 4.96. The zero-order valence-electron chi connectivity index (χ0n) is 21.4. The Bertz CT molecular complexity index is 1150. The van der Waals surface area contributed by atoms with Gasteiger partial charge in [-0.1, -0.05) is 18.9 Å². The zero-order valence-corrected chi connectivity index (χ0v) is 22.2. The third kappa shape index (κ3) is 5.68. The molecule has 2 fully saturated rings. The number of benzene rings is 1. The molecule has 1 aromatic heterocycles. The number of hydrogen-bond acceptors (Lipinski definition) is 9. The number of carbonyl (C=O) groups excluding carboxylic acids is 1. The van der Waals surface area contributed by atoms with Crippen molar-refractivity contribution in [3.8, 4) is 11.5 Å². The Hall–Kier alpha value is -2.51. The van der Waals surface area contributed by atoms with Crippen molar-refractivity contribution in [2.24, 2.45) is 0 Å². The fraction of sp³-hybridized carbons (Fsp3) is 0.640. The summed E-state index contributed by atoms with van der Waals surface area (Å²) in [5.41, 5.74) is 1.04. The number of aliphatic hydroxyl groups excluding tert-OH is 3. The molecule has 1 saturated heterocycles. The van der Waals surface area contributed by atoms with Crippen LogP contribution in [-0.2, 0) is 22.4 Å². The minimum absolute atomic E-state index is 0.189. The van der Waals surface area contributed by atoms with E-state index in [2.05, 4.69) is 9.88 Å². The molecule has 1 amide bonds. The molecule has 2 aromatic rings. The van der Waals surface area contributed by atoms with Crippen LogP contribution in [0.3, 0.4) is 0 Å². The molecule has 1 aliphatic carbocycles. The topological polar surface area (TPSA) is 140 Å². The largest absolute Gasteiger partial charge is 0.493 e. The highest BCUT2D eigenvalue weighted by Gasteiger charge is 2.46. The molecule has 37 heavy (non-hydrogen) atoms. The number of carbonyl (C=O) groups is 1. The number of ether oxygens (including phenoxy) is 3. The van der Waals surface area contributed by atoms with Gasteiger partial charge in [-0.3, -0.25) is 4.79 Å². The molecule has 0 spiro atoms. The molecule has 12 heteroatoms. The average molecular weight is 537 g/mol. The van der Waals surface area contributed by atoms with Crippen molar-refractivity contribution in [3.63, 3.8) is 0 Å². The number of rotatable bonds is 9. The van der Waals surface area contributed by atoms with Crippen molar-refractivity contribution in [1.82, 2.24) is 19.7 Å². The highest BCUT2D eigenvalue weighted by molar-refractivity contribution is 7.71. The summed E-state index contributed by atoms with van der Waals surface area (Å²) in [7, 11) is 3.19. The number of aryl methyl sites for hydroxylation is 2. The number of nitrogens with one attached hydrogen (secondary N) is 1. The van der Waals surface area contributed by atoms with E-state index in [1.165, 1.54) is 11.6 Å². The summed E-state index contributed by atoms with van der Waals surface area (Å²) in [6.07, 6.45) is 0.567. The van der Waals surface area contributed by atoms with E-state index in [0.717, 1.165) is 37.1 Å². The average Bonchev–Trinajstić information content (AvgIpc) is 3.53. The first-order chi connectivity index (χ1) is 17.8. The highest BCUT2D eigenvalue weighted by Crippen LogP contribution is 2.34. The first-order valence-electron chi connectivity index (χ1n) is 12.6. The van der Waals surface area contributed by atoms with E-state index in [1.54, 1.807) is 14.2 Å². The number of methoxy groups -OCH3 is 2. The first-order valence-corrected chi connectivity index (χ1v) is 13.0. The molecule has 2 heterocycles. The number of aromatic nitrogens is 3. The maximum absolute atomic E-state index is 11.9. The van der Waals surface area contributed by atoms with Gasteiger partial charge in [-0.05, 0) is 49.2 Å². The lowest BCUT2D eigenvalue weighted by Gasteiger charge is -2.42. The predicted octanol–water partition coefficient (Wildman–Crippen LogP) is 1.45. The lowest BCUT2D eigenvalue weighted by Crippen LogP contribution is -2.62. The van der Waals surface area contributed by atoms with E-state index in [1.807, 2.05) is 18.2 Å². The van der Waals surface area contributed by atoms with Gasteiger partial charge in [0.05, 0.1) is 20.8 Å². The van der Waals surface area contributed by atoms with Crippen molar-refractivity contribution >= 4 is 18.1 Å². The van der Waals surface area contributed by atoms with Crippen LogP contribution in [0.2, 0.25) is 0 Å². The van der Waals surface area contributed by atoms with E-state index in [0.29, 0.717) is 29.1 Å². The Morgan fingerprint density at radius 2 is 1.86 bits per heavy atom. The monoisotopic (exact) mass is 536 g/mol. The van der Waals surface area contributed by atoms with Crippen LogP contribution in [0.4, 0.5) is 0 Å². The molecule has 4 N–H and O–H groups in total. The maximum atomic E-state index is 11.9. The minimum atomic E-state index is -1.38. The van der Waals surface area contributed by atoms with E-state index < -0.39 is 43.1 Å². The Morgan fingerprint density at radius 1 is 1.16 bits per heavy atom. The van der Waals surface area contributed by atoms with Gasteiger partial charge >= 0.3 is 0 Å². The second-order valence-corrected chi connectivity index (χ2v) is 9.96. The second kappa shape index (κ2) is 11.9. The number of amides is 1. The summed E-state index contributed by atoms with van der Waals surface area (Å²) in [6.45, 7) is 0.809. The van der Waals surface area contributed by atoms with Gasteiger partial charge in [0, 0.05) is 19.4 Å². The molecule has 4 rings (SSSR count).